The Hall–Kier alpha value is -3.56. The Morgan fingerprint density at radius 3 is 2.52 bits per heavy atom. The molecule has 1 aromatic heterocycles. The molecule has 0 bridgehead atoms. The van der Waals surface area contributed by atoms with E-state index in [0.29, 0.717) is 36.7 Å². The fourth-order valence-electron chi connectivity index (χ4n) is 3.91. The second-order valence-corrected chi connectivity index (χ2v) is 8.13. The molecule has 0 saturated carbocycles. The van der Waals surface area contributed by atoms with Crippen LogP contribution in [0, 0.1) is 24.0 Å². The number of nitrogens with zero attached hydrogens (tertiary/aromatic N) is 4. The largest absolute Gasteiger partial charge is 0.379 e. The molecule has 0 unspecified atom stereocenters. The summed E-state index contributed by atoms with van der Waals surface area (Å²) < 4.78 is 7.02. The van der Waals surface area contributed by atoms with Gasteiger partial charge in [0.05, 0.1) is 29.5 Å². The predicted octanol–water partition coefficient (Wildman–Crippen LogP) is 3.13. The highest BCUT2D eigenvalue weighted by Gasteiger charge is 2.20. The molecule has 1 aliphatic heterocycles. The van der Waals surface area contributed by atoms with Crippen molar-refractivity contribution < 1.29 is 14.5 Å². The van der Waals surface area contributed by atoms with Crippen LogP contribution < -0.4 is 5.32 Å². The van der Waals surface area contributed by atoms with E-state index in [1.807, 2.05) is 32.0 Å². The van der Waals surface area contributed by atoms with E-state index in [1.165, 1.54) is 12.1 Å². The van der Waals surface area contributed by atoms with E-state index in [0.717, 1.165) is 36.4 Å². The number of carbonyl (C=O) groups excluding carboxylic acids is 1. The third-order valence-electron chi connectivity index (χ3n) is 5.71. The molecule has 9 nitrogen and oxygen atoms in total. The Bertz CT molecular complexity index is 1150. The van der Waals surface area contributed by atoms with Gasteiger partial charge in [0.2, 0.25) is 0 Å². The van der Waals surface area contributed by atoms with Crippen LogP contribution in [0.5, 0.6) is 0 Å². The molecule has 1 amide bonds. The molecule has 1 aliphatic rings. The fourth-order valence-corrected chi connectivity index (χ4v) is 3.91. The van der Waals surface area contributed by atoms with E-state index >= 15 is 0 Å². The van der Waals surface area contributed by atoms with Gasteiger partial charge in [0.25, 0.3) is 11.6 Å². The average Bonchev–Trinajstić information content (AvgIpc) is 3.25. The van der Waals surface area contributed by atoms with Crippen LogP contribution in [-0.4, -0.2) is 64.9 Å². The number of benzene rings is 2. The highest BCUT2D eigenvalue weighted by molar-refractivity contribution is 5.94. The van der Waals surface area contributed by atoms with Gasteiger partial charge in [-0.1, -0.05) is 17.7 Å². The lowest BCUT2D eigenvalue weighted by Crippen LogP contribution is -2.41. The minimum absolute atomic E-state index is 0.00800. The number of aromatic nitrogens is 2. The van der Waals surface area contributed by atoms with E-state index in [-0.39, 0.29) is 11.6 Å². The van der Waals surface area contributed by atoms with Crippen LogP contribution in [-0.2, 0) is 4.74 Å². The number of rotatable bonds is 7. The summed E-state index contributed by atoms with van der Waals surface area (Å²) in [5.41, 5.74) is 4.62. The number of non-ortho nitro benzene ring substituents is 1. The zero-order valence-corrected chi connectivity index (χ0v) is 18.8. The predicted molar refractivity (Wildman–Crippen MR) is 125 cm³/mol. The Morgan fingerprint density at radius 1 is 1.12 bits per heavy atom. The molecule has 0 atom stereocenters. The first-order valence-corrected chi connectivity index (χ1v) is 10.9. The van der Waals surface area contributed by atoms with Crippen LogP contribution in [0.25, 0.3) is 16.9 Å². The Morgan fingerprint density at radius 2 is 1.85 bits per heavy atom. The number of aryl methyl sites for hydroxylation is 2. The van der Waals surface area contributed by atoms with Crippen LogP contribution in [0.4, 0.5) is 5.69 Å². The second-order valence-electron chi connectivity index (χ2n) is 8.13. The van der Waals surface area contributed by atoms with Crippen molar-refractivity contribution in [1.29, 1.82) is 0 Å². The normalized spacial score (nSPS) is 14.2. The Labute approximate surface area is 192 Å². The summed E-state index contributed by atoms with van der Waals surface area (Å²) in [6.07, 6.45) is 0. The number of nitrogens with one attached hydrogen (secondary N) is 1. The number of hydrogen-bond acceptors (Lipinski definition) is 6. The van der Waals surface area contributed by atoms with Gasteiger partial charge in [-0.3, -0.25) is 19.8 Å². The number of nitro benzene ring substituents is 1. The van der Waals surface area contributed by atoms with Gasteiger partial charge in [0.15, 0.2) is 0 Å². The minimum atomic E-state index is -0.439. The van der Waals surface area contributed by atoms with Crippen molar-refractivity contribution in [1.82, 2.24) is 20.0 Å². The first kappa shape index (κ1) is 22.6. The van der Waals surface area contributed by atoms with Crippen molar-refractivity contribution in [2.75, 3.05) is 39.4 Å². The zero-order chi connectivity index (χ0) is 23.4. The smallest absolute Gasteiger partial charge is 0.270 e. The van der Waals surface area contributed by atoms with Crippen molar-refractivity contribution in [2.45, 2.75) is 13.8 Å². The molecule has 2 heterocycles. The lowest BCUT2D eigenvalue weighted by atomic mass is 10.1. The molecule has 9 heteroatoms. The SMILES string of the molecule is Cc1ccc(-n2nc(-c3ccc([N+](=O)[O-])cc3)cc2C(=O)NCCN2CCOCC2)c(C)c1. The molecule has 4 rings (SSSR count). The Balaban J connectivity index is 1.61. The van der Waals surface area contributed by atoms with E-state index in [4.69, 9.17) is 9.84 Å². The molecule has 33 heavy (non-hydrogen) atoms. The summed E-state index contributed by atoms with van der Waals surface area (Å²) in [6, 6.07) is 13.9. The molecule has 0 spiro atoms. The van der Waals surface area contributed by atoms with Crippen LogP contribution in [0.1, 0.15) is 21.6 Å². The van der Waals surface area contributed by atoms with Gasteiger partial charge in [0.1, 0.15) is 5.69 Å². The maximum Gasteiger partial charge on any atom is 0.270 e. The molecule has 0 radical (unpaired) electrons. The quantitative estimate of drug-likeness (QED) is 0.439. The highest BCUT2D eigenvalue weighted by atomic mass is 16.6. The van der Waals surface area contributed by atoms with Crippen LogP contribution >= 0.6 is 0 Å². The molecule has 0 aliphatic carbocycles. The van der Waals surface area contributed by atoms with Crippen molar-refractivity contribution in [3.8, 4) is 16.9 Å². The van der Waals surface area contributed by atoms with Crippen molar-refractivity contribution in [2.24, 2.45) is 0 Å². The van der Waals surface area contributed by atoms with Gasteiger partial charge < -0.3 is 10.1 Å². The molecule has 172 valence electrons. The van der Waals surface area contributed by atoms with Crippen LogP contribution in [0.2, 0.25) is 0 Å². The monoisotopic (exact) mass is 449 g/mol. The molecule has 2 aromatic carbocycles. The molecular weight excluding hydrogens is 422 g/mol. The number of morpholine rings is 1. The molecule has 1 fully saturated rings. The first-order chi connectivity index (χ1) is 15.9. The number of nitro groups is 1. The van der Waals surface area contributed by atoms with Gasteiger partial charge in [-0.2, -0.15) is 5.10 Å². The summed E-state index contributed by atoms with van der Waals surface area (Å²) in [4.78, 5) is 25.9. The lowest BCUT2D eigenvalue weighted by Gasteiger charge is -2.26. The van der Waals surface area contributed by atoms with E-state index in [1.54, 1.807) is 22.9 Å². The maximum absolute atomic E-state index is 13.1. The molecule has 3 aromatic rings. The topological polar surface area (TPSA) is 103 Å². The number of hydrogen-bond donors (Lipinski definition) is 1. The van der Waals surface area contributed by atoms with Crippen LogP contribution in [0.15, 0.2) is 48.5 Å². The molecule has 1 N–H and O–H groups in total. The number of ether oxygens (including phenoxy) is 1. The highest BCUT2D eigenvalue weighted by Crippen LogP contribution is 2.25. The van der Waals surface area contributed by atoms with Gasteiger partial charge in [0, 0.05) is 43.9 Å². The van der Waals surface area contributed by atoms with E-state index in [2.05, 4.69) is 10.2 Å². The number of amides is 1. The van der Waals surface area contributed by atoms with Crippen molar-refractivity contribution >= 4 is 11.6 Å². The van der Waals surface area contributed by atoms with Crippen LogP contribution in [0.3, 0.4) is 0 Å². The van der Waals surface area contributed by atoms with E-state index < -0.39 is 4.92 Å². The first-order valence-electron chi connectivity index (χ1n) is 10.9. The molecular formula is C24H27N5O4. The molecule has 1 saturated heterocycles. The van der Waals surface area contributed by atoms with E-state index in [9.17, 15) is 14.9 Å². The minimum Gasteiger partial charge on any atom is -0.379 e. The average molecular weight is 450 g/mol. The van der Waals surface area contributed by atoms with Gasteiger partial charge in [-0.25, -0.2) is 4.68 Å². The summed E-state index contributed by atoms with van der Waals surface area (Å²) in [7, 11) is 0. The zero-order valence-electron chi connectivity index (χ0n) is 18.8. The summed E-state index contributed by atoms with van der Waals surface area (Å²) >= 11 is 0. The van der Waals surface area contributed by atoms with Gasteiger partial charge >= 0.3 is 0 Å². The fraction of sp³-hybridized carbons (Fsp3) is 0.333. The van der Waals surface area contributed by atoms with Gasteiger partial charge in [-0.15, -0.1) is 0 Å². The summed E-state index contributed by atoms with van der Waals surface area (Å²) in [5.74, 6) is -0.219. The van der Waals surface area contributed by atoms with Crippen molar-refractivity contribution in [3.05, 3.63) is 75.5 Å². The lowest BCUT2D eigenvalue weighted by molar-refractivity contribution is -0.384. The third-order valence-corrected chi connectivity index (χ3v) is 5.71. The maximum atomic E-state index is 13.1. The summed E-state index contributed by atoms with van der Waals surface area (Å²) in [5, 5.41) is 18.7. The second kappa shape index (κ2) is 9.93. The Kier molecular flexibility index (Phi) is 6.81. The summed E-state index contributed by atoms with van der Waals surface area (Å²) in [6.45, 7) is 8.42. The number of carbonyl (C=O) groups is 1. The third kappa shape index (κ3) is 5.27. The standard InChI is InChI=1S/C24H27N5O4/c1-17-3-8-22(18(2)15-17)28-23(24(30)25-9-10-27-11-13-33-14-12-27)16-21(26-28)19-4-6-20(7-5-19)29(31)32/h3-8,15-16H,9-14H2,1-2H3,(H,25,30). The van der Waals surface area contributed by atoms with Crippen molar-refractivity contribution in [3.63, 3.8) is 0 Å². The van der Waals surface area contributed by atoms with Gasteiger partial charge in [-0.05, 0) is 43.7 Å².